The van der Waals surface area contributed by atoms with Gasteiger partial charge in [0.25, 0.3) is 0 Å². The second-order valence-corrected chi connectivity index (χ2v) is 5.61. The van der Waals surface area contributed by atoms with Gasteiger partial charge in [-0.15, -0.1) is 0 Å². The molecule has 4 nitrogen and oxygen atoms in total. The van der Waals surface area contributed by atoms with Crippen LogP contribution in [0.4, 0.5) is 0 Å². The molecule has 1 aliphatic rings. The van der Waals surface area contributed by atoms with Crippen molar-refractivity contribution in [2.24, 2.45) is 0 Å². The summed E-state index contributed by atoms with van der Waals surface area (Å²) in [6.07, 6.45) is -0.332. The van der Waals surface area contributed by atoms with Crippen molar-refractivity contribution in [2.75, 3.05) is 39.4 Å². The van der Waals surface area contributed by atoms with Crippen LogP contribution in [0.25, 0.3) is 0 Å². The van der Waals surface area contributed by atoms with Crippen molar-refractivity contribution >= 4 is 0 Å². The van der Waals surface area contributed by atoms with Crippen LogP contribution in [0, 0.1) is 6.92 Å². The molecular weight excluding hydrogens is 252 g/mol. The third-order valence-electron chi connectivity index (χ3n) is 3.81. The summed E-state index contributed by atoms with van der Waals surface area (Å²) in [5.41, 5.74) is 2.53. The van der Waals surface area contributed by atoms with Crippen LogP contribution < -0.4 is 5.32 Å². The fourth-order valence-corrected chi connectivity index (χ4v) is 2.43. The number of aliphatic hydroxyl groups excluding tert-OH is 1. The van der Waals surface area contributed by atoms with Crippen molar-refractivity contribution in [3.05, 3.63) is 35.4 Å². The molecule has 20 heavy (non-hydrogen) atoms. The Morgan fingerprint density at radius 1 is 1.25 bits per heavy atom. The number of benzene rings is 1. The van der Waals surface area contributed by atoms with E-state index in [-0.39, 0.29) is 12.1 Å². The molecule has 4 heteroatoms. The van der Waals surface area contributed by atoms with Crippen LogP contribution in [0.1, 0.15) is 24.1 Å². The second-order valence-electron chi connectivity index (χ2n) is 5.61. The third kappa shape index (κ3) is 4.87. The van der Waals surface area contributed by atoms with Gasteiger partial charge in [-0.2, -0.15) is 0 Å². The number of morpholine rings is 1. The lowest BCUT2D eigenvalue weighted by molar-refractivity contribution is 0.0145. The number of aliphatic hydroxyl groups is 1. The monoisotopic (exact) mass is 278 g/mol. The van der Waals surface area contributed by atoms with E-state index >= 15 is 0 Å². The molecule has 1 saturated heterocycles. The predicted octanol–water partition coefficient (Wildman–Crippen LogP) is 1.34. The average molecular weight is 278 g/mol. The van der Waals surface area contributed by atoms with Gasteiger partial charge in [0.1, 0.15) is 0 Å². The summed E-state index contributed by atoms with van der Waals surface area (Å²) >= 11 is 0. The molecule has 112 valence electrons. The van der Waals surface area contributed by atoms with Gasteiger partial charge < -0.3 is 15.2 Å². The molecule has 1 fully saturated rings. The van der Waals surface area contributed by atoms with Gasteiger partial charge in [-0.05, 0) is 19.4 Å². The zero-order chi connectivity index (χ0) is 14.4. The van der Waals surface area contributed by atoms with Gasteiger partial charge in [-0.1, -0.05) is 29.8 Å². The molecule has 1 heterocycles. The zero-order valence-corrected chi connectivity index (χ0v) is 12.5. The first-order chi connectivity index (χ1) is 9.65. The SMILES string of the molecule is Cc1ccc([C@@H](C)NCC(O)CN2CCOCC2)cc1. The van der Waals surface area contributed by atoms with Crippen LogP contribution in [-0.2, 0) is 4.74 Å². The van der Waals surface area contributed by atoms with Crippen molar-refractivity contribution in [3.63, 3.8) is 0 Å². The smallest absolute Gasteiger partial charge is 0.0791 e. The highest BCUT2D eigenvalue weighted by Crippen LogP contribution is 2.12. The minimum atomic E-state index is -0.332. The lowest BCUT2D eigenvalue weighted by Gasteiger charge is -2.29. The molecule has 1 unspecified atom stereocenters. The number of rotatable bonds is 6. The molecule has 2 N–H and O–H groups in total. The Morgan fingerprint density at radius 2 is 1.90 bits per heavy atom. The van der Waals surface area contributed by atoms with E-state index in [9.17, 15) is 5.11 Å². The summed E-state index contributed by atoms with van der Waals surface area (Å²) in [7, 11) is 0. The Balaban J connectivity index is 1.71. The normalized spacial score (nSPS) is 19.8. The number of nitrogens with one attached hydrogen (secondary N) is 1. The van der Waals surface area contributed by atoms with Crippen molar-refractivity contribution in [3.8, 4) is 0 Å². The molecule has 0 radical (unpaired) electrons. The first kappa shape index (κ1) is 15.4. The van der Waals surface area contributed by atoms with Crippen LogP contribution in [0.2, 0.25) is 0 Å². The highest BCUT2D eigenvalue weighted by Gasteiger charge is 2.15. The van der Waals surface area contributed by atoms with Gasteiger partial charge in [0.05, 0.1) is 19.3 Å². The molecule has 0 aromatic heterocycles. The Morgan fingerprint density at radius 3 is 2.55 bits per heavy atom. The average Bonchev–Trinajstić information content (AvgIpc) is 2.46. The largest absolute Gasteiger partial charge is 0.390 e. The van der Waals surface area contributed by atoms with Crippen molar-refractivity contribution in [1.82, 2.24) is 10.2 Å². The van der Waals surface area contributed by atoms with Gasteiger partial charge in [0.2, 0.25) is 0 Å². The van der Waals surface area contributed by atoms with Crippen LogP contribution in [0.5, 0.6) is 0 Å². The fraction of sp³-hybridized carbons (Fsp3) is 0.625. The van der Waals surface area contributed by atoms with E-state index in [1.54, 1.807) is 0 Å². The van der Waals surface area contributed by atoms with E-state index in [1.165, 1.54) is 11.1 Å². The van der Waals surface area contributed by atoms with Crippen molar-refractivity contribution < 1.29 is 9.84 Å². The molecule has 1 aliphatic heterocycles. The summed E-state index contributed by atoms with van der Waals surface area (Å²) in [4.78, 5) is 2.26. The number of hydrogen-bond acceptors (Lipinski definition) is 4. The van der Waals surface area contributed by atoms with Gasteiger partial charge in [-0.25, -0.2) is 0 Å². The Kier molecular flexibility index (Phi) is 5.98. The van der Waals surface area contributed by atoms with E-state index in [4.69, 9.17) is 4.74 Å². The maximum Gasteiger partial charge on any atom is 0.0791 e. The van der Waals surface area contributed by atoms with Crippen molar-refractivity contribution in [1.29, 1.82) is 0 Å². The van der Waals surface area contributed by atoms with Crippen LogP contribution in [0.3, 0.4) is 0 Å². The molecule has 2 rings (SSSR count). The van der Waals surface area contributed by atoms with E-state index in [0.29, 0.717) is 6.54 Å². The van der Waals surface area contributed by atoms with Gasteiger partial charge in [0.15, 0.2) is 0 Å². The van der Waals surface area contributed by atoms with Gasteiger partial charge >= 0.3 is 0 Å². The van der Waals surface area contributed by atoms with Gasteiger partial charge in [0, 0.05) is 32.2 Å². The van der Waals surface area contributed by atoms with Gasteiger partial charge in [-0.3, -0.25) is 4.90 Å². The number of hydrogen-bond donors (Lipinski definition) is 2. The second kappa shape index (κ2) is 7.74. The number of aryl methyl sites for hydroxylation is 1. The standard InChI is InChI=1S/C16H26N2O2/c1-13-3-5-15(6-4-13)14(2)17-11-16(19)12-18-7-9-20-10-8-18/h3-6,14,16-17,19H,7-12H2,1-2H3/t14-,16?/m1/s1. The first-order valence-electron chi connectivity index (χ1n) is 7.43. The fourth-order valence-electron chi connectivity index (χ4n) is 2.43. The molecular formula is C16H26N2O2. The summed E-state index contributed by atoms with van der Waals surface area (Å²) in [5.74, 6) is 0. The number of nitrogens with zero attached hydrogens (tertiary/aromatic N) is 1. The molecule has 2 atom stereocenters. The highest BCUT2D eigenvalue weighted by molar-refractivity contribution is 5.23. The first-order valence-corrected chi connectivity index (χ1v) is 7.43. The van der Waals surface area contributed by atoms with Crippen LogP contribution in [0.15, 0.2) is 24.3 Å². The number of β-amino-alcohol motifs (C(OH)–C–C–N with tert-alkyl or cyclic N) is 1. The summed E-state index contributed by atoms with van der Waals surface area (Å²) in [6, 6.07) is 8.79. The van der Waals surface area contributed by atoms with E-state index in [2.05, 4.69) is 48.3 Å². The topological polar surface area (TPSA) is 44.7 Å². The molecule has 0 bridgehead atoms. The van der Waals surface area contributed by atoms with E-state index < -0.39 is 0 Å². The quantitative estimate of drug-likeness (QED) is 0.824. The zero-order valence-electron chi connectivity index (χ0n) is 12.5. The molecule has 0 amide bonds. The van der Waals surface area contributed by atoms with E-state index in [0.717, 1.165) is 32.8 Å². The maximum absolute atomic E-state index is 10.1. The van der Waals surface area contributed by atoms with Crippen LogP contribution in [-0.4, -0.2) is 55.5 Å². The molecule has 1 aromatic carbocycles. The minimum absolute atomic E-state index is 0.259. The Hall–Kier alpha value is -0.940. The Labute approximate surface area is 121 Å². The Bertz CT molecular complexity index is 388. The van der Waals surface area contributed by atoms with E-state index in [1.807, 2.05) is 0 Å². The predicted molar refractivity (Wildman–Crippen MR) is 80.9 cm³/mol. The molecule has 0 aliphatic carbocycles. The summed E-state index contributed by atoms with van der Waals surface area (Å²) < 4.78 is 5.31. The molecule has 1 aromatic rings. The maximum atomic E-state index is 10.1. The third-order valence-corrected chi connectivity index (χ3v) is 3.81. The molecule has 0 spiro atoms. The van der Waals surface area contributed by atoms with Crippen LogP contribution >= 0.6 is 0 Å². The molecule has 0 saturated carbocycles. The van der Waals surface area contributed by atoms with Crippen molar-refractivity contribution in [2.45, 2.75) is 26.0 Å². The summed E-state index contributed by atoms with van der Waals surface area (Å²) in [5, 5.41) is 13.5. The highest BCUT2D eigenvalue weighted by atomic mass is 16.5. The minimum Gasteiger partial charge on any atom is -0.390 e. The lowest BCUT2D eigenvalue weighted by Crippen LogP contribution is -2.44. The number of ether oxygens (including phenoxy) is 1. The summed E-state index contributed by atoms with van der Waals surface area (Å²) in [6.45, 7) is 8.96. The lowest BCUT2D eigenvalue weighted by atomic mass is 10.1.